The molecular weight excluding hydrogens is 238 g/mol. The van der Waals surface area contributed by atoms with Gasteiger partial charge in [0.2, 0.25) is 0 Å². The van der Waals surface area contributed by atoms with Crippen molar-refractivity contribution in [3.63, 3.8) is 0 Å². The predicted molar refractivity (Wildman–Crippen MR) is 74.4 cm³/mol. The lowest BCUT2D eigenvalue weighted by Gasteiger charge is -2.08. The van der Waals surface area contributed by atoms with Gasteiger partial charge in [-0.2, -0.15) is 0 Å². The highest BCUT2D eigenvalue weighted by atomic mass is 16.6. The highest BCUT2D eigenvalue weighted by Gasteiger charge is 2.25. The van der Waals surface area contributed by atoms with Gasteiger partial charge in [-0.25, -0.2) is 0 Å². The van der Waals surface area contributed by atoms with Gasteiger partial charge in [0.25, 0.3) is 0 Å². The number of nitrogens with zero attached hydrogens (tertiary/aromatic N) is 1. The summed E-state index contributed by atoms with van der Waals surface area (Å²) in [5.74, 6) is 0.832. The van der Waals surface area contributed by atoms with E-state index >= 15 is 0 Å². The molecule has 1 heterocycles. The van der Waals surface area contributed by atoms with Gasteiger partial charge in [0.1, 0.15) is 5.75 Å². The summed E-state index contributed by atoms with van der Waals surface area (Å²) >= 11 is 0. The molecular formula is C16H15NO2. The zero-order valence-corrected chi connectivity index (χ0v) is 10.7. The van der Waals surface area contributed by atoms with Crippen molar-refractivity contribution in [2.45, 2.75) is 12.5 Å². The van der Waals surface area contributed by atoms with Crippen molar-refractivity contribution in [3.05, 3.63) is 65.7 Å². The minimum Gasteiger partial charge on any atom is -0.496 e. The molecule has 0 unspecified atom stereocenters. The average molecular weight is 253 g/mol. The van der Waals surface area contributed by atoms with Gasteiger partial charge in [0.15, 0.2) is 6.10 Å². The Kier molecular flexibility index (Phi) is 3.19. The molecule has 0 N–H and O–H groups in total. The molecule has 3 heteroatoms. The Hall–Kier alpha value is -2.29. The first kappa shape index (κ1) is 11.8. The number of hydrogen-bond acceptors (Lipinski definition) is 3. The fraction of sp³-hybridized carbons (Fsp3) is 0.188. The summed E-state index contributed by atoms with van der Waals surface area (Å²) in [6.07, 6.45) is 0.769. The van der Waals surface area contributed by atoms with Crippen LogP contribution in [0, 0.1) is 0 Å². The van der Waals surface area contributed by atoms with Gasteiger partial charge >= 0.3 is 0 Å². The van der Waals surface area contributed by atoms with Gasteiger partial charge in [0, 0.05) is 12.0 Å². The lowest BCUT2D eigenvalue weighted by atomic mass is 10.00. The van der Waals surface area contributed by atoms with E-state index in [-0.39, 0.29) is 6.10 Å². The largest absolute Gasteiger partial charge is 0.496 e. The van der Waals surface area contributed by atoms with Crippen molar-refractivity contribution in [1.29, 1.82) is 0 Å². The van der Waals surface area contributed by atoms with E-state index in [0.29, 0.717) is 0 Å². The van der Waals surface area contributed by atoms with E-state index in [1.165, 1.54) is 0 Å². The SMILES string of the molecule is COc1ccccc1C1=NO[C@H](c2ccccc2)C1. The molecule has 2 aromatic rings. The Labute approximate surface area is 112 Å². The van der Waals surface area contributed by atoms with Crippen LogP contribution in [0.2, 0.25) is 0 Å². The molecule has 1 atom stereocenters. The first-order valence-corrected chi connectivity index (χ1v) is 6.29. The Morgan fingerprint density at radius 3 is 2.58 bits per heavy atom. The number of para-hydroxylation sites is 1. The second kappa shape index (κ2) is 5.14. The first-order valence-electron chi connectivity index (χ1n) is 6.29. The van der Waals surface area contributed by atoms with E-state index < -0.39 is 0 Å². The Balaban J connectivity index is 1.82. The maximum absolute atomic E-state index is 5.54. The highest BCUT2D eigenvalue weighted by Crippen LogP contribution is 2.31. The van der Waals surface area contributed by atoms with Gasteiger partial charge in [-0.1, -0.05) is 47.6 Å². The van der Waals surface area contributed by atoms with Crippen LogP contribution in [0.3, 0.4) is 0 Å². The lowest BCUT2D eigenvalue weighted by molar-refractivity contribution is 0.0857. The summed E-state index contributed by atoms with van der Waals surface area (Å²) in [6.45, 7) is 0. The van der Waals surface area contributed by atoms with Crippen LogP contribution < -0.4 is 4.74 Å². The molecule has 96 valence electrons. The van der Waals surface area contributed by atoms with Gasteiger partial charge < -0.3 is 9.57 Å². The van der Waals surface area contributed by atoms with E-state index in [1.807, 2.05) is 42.5 Å². The maximum Gasteiger partial charge on any atom is 0.158 e. The molecule has 0 saturated carbocycles. The third kappa shape index (κ3) is 2.32. The number of hydrogen-bond donors (Lipinski definition) is 0. The monoisotopic (exact) mass is 253 g/mol. The number of oxime groups is 1. The van der Waals surface area contributed by atoms with Gasteiger partial charge in [-0.3, -0.25) is 0 Å². The molecule has 3 rings (SSSR count). The summed E-state index contributed by atoms with van der Waals surface area (Å²) in [6, 6.07) is 18.0. The Morgan fingerprint density at radius 2 is 1.79 bits per heavy atom. The maximum atomic E-state index is 5.54. The molecule has 1 aliphatic heterocycles. The molecule has 0 bridgehead atoms. The average Bonchev–Trinajstić information content (AvgIpc) is 2.98. The van der Waals surface area contributed by atoms with Crippen LogP contribution in [0.15, 0.2) is 59.8 Å². The van der Waals surface area contributed by atoms with Crippen molar-refractivity contribution in [2.24, 2.45) is 5.16 Å². The van der Waals surface area contributed by atoms with Crippen molar-refractivity contribution in [3.8, 4) is 5.75 Å². The zero-order chi connectivity index (χ0) is 13.1. The van der Waals surface area contributed by atoms with Crippen LogP contribution in [-0.2, 0) is 4.84 Å². The predicted octanol–water partition coefficient (Wildman–Crippen LogP) is 3.56. The molecule has 3 nitrogen and oxygen atoms in total. The van der Waals surface area contributed by atoms with Gasteiger partial charge in [0.05, 0.1) is 12.8 Å². The quantitative estimate of drug-likeness (QED) is 0.837. The molecule has 0 amide bonds. The molecule has 0 saturated heterocycles. The third-order valence-electron chi connectivity index (χ3n) is 3.26. The summed E-state index contributed by atoms with van der Waals surface area (Å²) in [5.41, 5.74) is 3.09. The van der Waals surface area contributed by atoms with Crippen molar-refractivity contribution in [1.82, 2.24) is 0 Å². The third-order valence-corrected chi connectivity index (χ3v) is 3.26. The Bertz CT molecular complexity index is 593. The molecule has 0 aliphatic carbocycles. The van der Waals surface area contributed by atoms with E-state index in [0.717, 1.165) is 29.0 Å². The molecule has 2 aromatic carbocycles. The summed E-state index contributed by atoms with van der Waals surface area (Å²) < 4.78 is 5.36. The molecule has 0 radical (unpaired) electrons. The van der Waals surface area contributed by atoms with Crippen LogP contribution in [-0.4, -0.2) is 12.8 Å². The van der Waals surface area contributed by atoms with E-state index in [2.05, 4.69) is 17.3 Å². The molecule has 0 fully saturated rings. The highest BCUT2D eigenvalue weighted by molar-refractivity contribution is 6.03. The minimum atomic E-state index is 0.00103. The second-order valence-corrected chi connectivity index (χ2v) is 4.45. The van der Waals surface area contributed by atoms with Gasteiger partial charge in [-0.05, 0) is 17.7 Å². The van der Waals surface area contributed by atoms with Crippen LogP contribution in [0.5, 0.6) is 5.75 Å². The fourth-order valence-electron chi connectivity index (χ4n) is 2.27. The first-order chi connectivity index (χ1) is 9.38. The summed E-state index contributed by atoms with van der Waals surface area (Å²) in [5, 5.41) is 4.21. The van der Waals surface area contributed by atoms with Crippen molar-refractivity contribution >= 4 is 5.71 Å². The number of methoxy groups -OCH3 is 1. The molecule has 1 aliphatic rings. The smallest absolute Gasteiger partial charge is 0.158 e. The van der Waals surface area contributed by atoms with Crippen molar-refractivity contribution in [2.75, 3.05) is 7.11 Å². The molecule has 19 heavy (non-hydrogen) atoms. The standard InChI is InChI=1S/C16H15NO2/c1-18-15-10-6-5-9-13(15)14-11-16(19-17-14)12-7-3-2-4-8-12/h2-10,16H,11H2,1H3/t16-/m0/s1. The number of ether oxygens (including phenoxy) is 1. The van der Waals surface area contributed by atoms with Crippen LogP contribution in [0.4, 0.5) is 0 Å². The number of rotatable bonds is 3. The van der Waals surface area contributed by atoms with Gasteiger partial charge in [-0.15, -0.1) is 0 Å². The van der Waals surface area contributed by atoms with Crippen LogP contribution in [0.25, 0.3) is 0 Å². The topological polar surface area (TPSA) is 30.8 Å². The van der Waals surface area contributed by atoms with Crippen LogP contribution in [0.1, 0.15) is 23.7 Å². The minimum absolute atomic E-state index is 0.00103. The fourth-order valence-corrected chi connectivity index (χ4v) is 2.27. The zero-order valence-electron chi connectivity index (χ0n) is 10.7. The normalized spacial score (nSPS) is 17.7. The summed E-state index contributed by atoms with van der Waals surface area (Å²) in [4.78, 5) is 5.54. The van der Waals surface area contributed by atoms with Crippen molar-refractivity contribution < 1.29 is 9.57 Å². The molecule has 0 aromatic heterocycles. The summed E-state index contributed by atoms with van der Waals surface area (Å²) in [7, 11) is 1.67. The second-order valence-electron chi connectivity index (χ2n) is 4.45. The molecule has 0 spiro atoms. The van der Waals surface area contributed by atoms with E-state index in [9.17, 15) is 0 Å². The van der Waals surface area contributed by atoms with E-state index in [1.54, 1.807) is 7.11 Å². The lowest BCUT2D eigenvalue weighted by Crippen LogP contribution is -2.03. The van der Waals surface area contributed by atoms with Crippen LogP contribution >= 0.6 is 0 Å². The van der Waals surface area contributed by atoms with E-state index in [4.69, 9.17) is 9.57 Å². The number of benzene rings is 2. The Morgan fingerprint density at radius 1 is 1.05 bits per heavy atom.